The van der Waals surface area contributed by atoms with E-state index in [2.05, 4.69) is 5.32 Å². The molecule has 0 spiro atoms. The van der Waals surface area contributed by atoms with Gasteiger partial charge in [0, 0.05) is 5.56 Å². The second-order valence-corrected chi connectivity index (χ2v) is 6.75. The molecule has 3 rings (SSSR count). The third kappa shape index (κ3) is 4.80. The maximum atomic E-state index is 12.5. The third-order valence-electron chi connectivity index (χ3n) is 3.97. The Bertz CT molecular complexity index is 1060. The Balaban J connectivity index is 1.89. The first-order valence-electron chi connectivity index (χ1n) is 8.31. The van der Waals surface area contributed by atoms with Gasteiger partial charge in [0.1, 0.15) is 0 Å². The van der Waals surface area contributed by atoms with E-state index in [1.165, 1.54) is 24.3 Å². The van der Waals surface area contributed by atoms with Gasteiger partial charge in [-0.25, -0.2) is 4.79 Å². The van der Waals surface area contributed by atoms with Crippen LogP contribution < -0.4 is 5.32 Å². The van der Waals surface area contributed by atoms with Crippen molar-refractivity contribution in [3.05, 3.63) is 99.0 Å². The predicted octanol–water partition coefficient (Wildman–Crippen LogP) is 6.11. The van der Waals surface area contributed by atoms with Crippen LogP contribution in [0, 0.1) is 0 Å². The second kappa shape index (κ2) is 8.74. The highest BCUT2D eigenvalue weighted by molar-refractivity contribution is 6.42. The number of halogens is 2. The van der Waals surface area contributed by atoms with E-state index in [1.54, 1.807) is 12.1 Å². The van der Waals surface area contributed by atoms with Crippen LogP contribution in [0.15, 0.2) is 66.7 Å². The lowest BCUT2D eigenvalue weighted by atomic mass is 10.1. The van der Waals surface area contributed by atoms with Crippen molar-refractivity contribution in [3.8, 4) is 0 Å². The average molecular weight is 412 g/mol. The van der Waals surface area contributed by atoms with Crippen molar-refractivity contribution < 1.29 is 14.7 Å². The molecular weight excluding hydrogens is 397 g/mol. The van der Waals surface area contributed by atoms with E-state index in [9.17, 15) is 14.7 Å². The number of aromatic carboxylic acids is 1. The molecule has 0 bridgehead atoms. The summed E-state index contributed by atoms with van der Waals surface area (Å²) in [4.78, 5) is 24.0. The molecule has 0 saturated heterocycles. The summed E-state index contributed by atoms with van der Waals surface area (Å²) in [7, 11) is 0. The normalized spacial score (nSPS) is 10.8. The van der Waals surface area contributed by atoms with Crippen LogP contribution in [0.2, 0.25) is 10.0 Å². The van der Waals surface area contributed by atoms with Crippen LogP contribution in [-0.4, -0.2) is 17.0 Å². The van der Waals surface area contributed by atoms with Gasteiger partial charge in [-0.2, -0.15) is 0 Å². The number of hydrogen-bond donors (Lipinski definition) is 2. The number of anilines is 1. The summed E-state index contributed by atoms with van der Waals surface area (Å²) in [5, 5.41) is 12.6. The maximum Gasteiger partial charge on any atom is 0.337 e. The fraction of sp³-hybridized carbons (Fsp3) is 0. The van der Waals surface area contributed by atoms with Crippen LogP contribution in [0.25, 0.3) is 12.2 Å². The molecule has 1 amide bonds. The van der Waals surface area contributed by atoms with Gasteiger partial charge in [-0.3, -0.25) is 4.79 Å². The second-order valence-electron chi connectivity index (χ2n) is 5.94. The van der Waals surface area contributed by atoms with E-state index in [-0.39, 0.29) is 21.8 Å². The van der Waals surface area contributed by atoms with Crippen molar-refractivity contribution in [2.75, 3.05) is 5.32 Å². The highest BCUT2D eigenvalue weighted by Crippen LogP contribution is 2.24. The number of carboxylic acid groups (broad SMARTS) is 1. The Morgan fingerprint density at radius 3 is 2.21 bits per heavy atom. The summed E-state index contributed by atoms with van der Waals surface area (Å²) in [6, 6.07) is 18.9. The highest BCUT2D eigenvalue weighted by Gasteiger charge is 2.15. The Kier molecular flexibility index (Phi) is 6.14. The van der Waals surface area contributed by atoms with Crippen molar-refractivity contribution in [3.63, 3.8) is 0 Å². The molecular formula is C22H15Cl2NO3. The minimum Gasteiger partial charge on any atom is -0.478 e. The molecule has 3 aromatic carbocycles. The monoisotopic (exact) mass is 411 g/mol. The zero-order chi connectivity index (χ0) is 20.1. The van der Waals surface area contributed by atoms with Crippen molar-refractivity contribution in [1.29, 1.82) is 0 Å². The summed E-state index contributed by atoms with van der Waals surface area (Å²) in [6.45, 7) is 0. The molecule has 0 aliphatic heterocycles. The fourth-order valence-electron chi connectivity index (χ4n) is 2.54. The lowest BCUT2D eigenvalue weighted by Crippen LogP contribution is -2.15. The molecule has 4 nitrogen and oxygen atoms in total. The van der Waals surface area contributed by atoms with Gasteiger partial charge >= 0.3 is 5.97 Å². The van der Waals surface area contributed by atoms with Crippen LogP contribution in [0.4, 0.5) is 5.69 Å². The Labute approximate surface area is 172 Å². The number of amides is 1. The average Bonchev–Trinajstić information content (AvgIpc) is 2.69. The Hall–Kier alpha value is -3.08. The molecule has 0 aliphatic rings. The molecule has 0 unspecified atom stereocenters. The van der Waals surface area contributed by atoms with Crippen molar-refractivity contribution in [2.24, 2.45) is 0 Å². The molecule has 0 atom stereocenters. The van der Waals surface area contributed by atoms with Gasteiger partial charge in [-0.1, -0.05) is 71.8 Å². The first kappa shape index (κ1) is 19.7. The van der Waals surface area contributed by atoms with E-state index < -0.39 is 11.9 Å². The van der Waals surface area contributed by atoms with Crippen LogP contribution in [0.3, 0.4) is 0 Å². The summed E-state index contributed by atoms with van der Waals surface area (Å²) in [5.74, 6) is -1.62. The number of nitrogens with one attached hydrogen (secondary N) is 1. The number of carbonyl (C=O) groups excluding carboxylic acids is 1. The van der Waals surface area contributed by atoms with Crippen LogP contribution in [0.1, 0.15) is 31.8 Å². The van der Waals surface area contributed by atoms with E-state index in [0.29, 0.717) is 5.02 Å². The Morgan fingerprint density at radius 2 is 1.54 bits per heavy atom. The molecule has 0 aliphatic carbocycles. The molecule has 0 aromatic heterocycles. The molecule has 0 radical (unpaired) electrons. The lowest BCUT2D eigenvalue weighted by Gasteiger charge is -2.10. The van der Waals surface area contributed by atoms with Gasteiger partial charge < -0.3 is 10.4 Å². The minimum atomic E-state index is -1.14. The largest absolute Gasteiger partial charge is 0.478 e. The summed E-state index contributed by atoms with van der Waals surface area (Å²) in [6.07, 6.45) is 3.75. The molecule has 0 saturated carbocycles. The van der Waals surface area contributed by atoms with Gasteiger partial charge in [0.05, 0.1) is 21.3 Å². The molecule has 0 fully saturated rings. The lowest BCUT2D eigenvalue weighted by molar-refractivity contribution is 0.0698. The predicted molar refractivity (Wildman–Crippen MR) is 113 cm³/mol. The van der Waals surface area contributed by atoms with E-state index in [0.717, 1.165) is 11.1 Å². The minimum absolute atomic E-state index is 0.00901. The zero-order valence-electron chi connectivity index (χ0n) is 14.5. The molecule has 2 N–H and O–H groups in total. The molecule has 3 aromatic rings. The SMILES string of the molecule is O=C(Nc1cc(C=Cc2ccccc2)ccc1C(=O)O)c1ccc(Cl)c(Cl)c1. The molecule has 140 valence electrons. The maximum absolute atomic E-state index is 12.5. The van der Waals surface area contributed by atoms with Gasteiger partial charge in [0.2, 0.25) is 0 Å². The smallest absolute Gasteiger partial charge is 0.337 e. The first-order valence-corrected chi connectivity index (χ1v) is 9.06. The van der Waals surface area contributed by atoms with Crippen LogP contribution in [0.5, 0.6) is 0 Å². The topological polar surface area (TPSA) is 66.4 Å². The third-order valence-corrected chi connectivity index (χ3v) is 4.71. The van der Waals surface area contributed by atoms with Crippen LogP contribution in [-0.2, 0) is 0 Å². The van der Waals surface area contributed by atoms with Gasteiger partial charge in [0.25, 0.3) is 5.91 Å². The highest BCUT2D eigenvalue weighted by atomic mass is 35.5. The van der Waals surface area contributed by atoms with Crippen molar-refractivity contribution >= 4 is 52.9 Å². The summed E-state index contributed by atoms with van der Waals surface area (Å²) in [5.41, 5.74) is 2.21. The fourth-order valence-corrected chi connectivity index (χ4v) is 2.84. The van der Waals surface area contributed by atoms with E-state index >= 15 is 0 Å². The van der Waals surface area contributed by atoms with Gasteiger partial charge in [-0.05, 0) is 41.5 Å². The van der Waals surface area contributed by atoms with E-state index in [4.69, 9.17) is 23.2 Å². The summed E-state index contributed by atoms with van der Waals surface area (Å²) < 4.78 is 0. The van der Waals surface area contributed by atoms with Gasteiger partial charge in [0.15, 0.2) is 0 Å². The number of rotatable bonds is 5. The standard InChI is InChI=1S/C22H15Cl2NO3/c23-18-11-9-16(13-19(18)24)21(26)25-20-12-15(8-10-17(20)22(27)28)7-6-14-4-2-1-3-5-14/h1-13H,(H,25,26)(H,27,28). The number of carboxylic acids is 1. The number of benzene rings is 3. The molecule has 0 heterocycles. The molecule has 28 heavy (non-hydrogen) atoms. The first-order chi connectivity index (χ1) is 13.4. The quantitative estimate of drug-likeness (QED) is 0.497. The van der Waals surface area contributed by atoms with Crippen molar-refractivity contribution in [1.82, 2.24) is 0 Å². The zero-order valence-corrected chi connectivity index (χ0v) is 16.0. The Morgan fingerprint density at radius 1 is 0.821 bits per heavy atom. The van der Waals surface area contributed by atoms with E-state index in [1.807, 2.05) is 42.5 Å². The number of hydrogen-bond acceptors (Lipinski definition) is 2. The van der Waals surface area contributed by atoms with Crippen molar-refractivity contribution in [2.45, 2.75) is 0 Å². The number of carbonyl (C=O) groups is 2. The summed E-state index contributed by atoms with van der Waals surface area (Å²) >= 11 is 11.8. The van der Waals surface area contributed by atoms with Gasteiger partial charge in [-0.15, -0.1) is 0 Å². The molecule has 6 heteroatoms. The van der Waals surface area contributed by atoms with Crippen LogP contribution >= 0.6 is 23.2 Å².